The molecule has 1 fully saturated rings. The van der Waals surface area contributed by atoms with Gasteiger partial charge in [0, 0.05) is 19.5 Å². The van der Waals surface area contributed by atoms with Crippen molar-refractivity contribution in [1.82, 2.24) is 4.90 Å². The molecule has 14 heavy (non-hydrogen) atoms. The second-order valence-electron chi connectivity index (χ2n) is 4.10. The van der Waals surface area contributed by atoms with E-state index in [1.807, 2.05) is 6.92 Å². The van der Waals surface area contributed by atoms with Crippen molar-refractivity contribution in [2.45, 2.75) is 33.1 Å². The van der Waals surface area contributed by atoms with Crippen LogP contribution in [-0.2, 0) is 9.59 Å². The fourth-order valence-electron chi connectivity index (χ4n) is 1.69. The Kier molecular flexibility index (Phi) is 3.13. The zero-order chi connectivity index (χ0) is 10.8. The second-order valence-corrected chi connectivity index (χ2v) is 4.10. The highest BCUT2D eigenvalue weighted by Crippen LogP contribution is 2.31. The van der Waals surface area contributed by atoms with Crippen LogP contribution in [0.3, 0.4) is 0 Å². The Hall–Kier alpha value is -1.06. The molecular weight excluding hydrogens is 182 g/mol. The van der Waals surface area contributed by atoms with Crippen molar-refractivity contribution in [1.29, 1.82) is 0 Å². The molecule has 0 atom stereocenters. The minimum absolute atomic E-state index is 0.123. The molecule has 1 amide bonds. The average Bonchev–Trinajstić information content (AvgIpc) is 2.17. The van der Waals surface area contributed by atoms with E-state index in [9.17, 15) is 9.59 Å². The van der Waals surface area contributed by atoms with Gasteiger partial charge in [-0.1, -0.05) is 6.92 Å². The number of hydrogen-bond acceptors (Lipinski definition) is 2. The van der Waals surface area contributed by atoms with Crippen LogP contribution in [0.4, 0.5) is 0 Å². The van der Waals surface area contributed by atoms with Crippen molar-refractivity contribution >= 4 is 11.9 Å². The van der Waals surface area contributed by atoms with Crippen LogP contribution in [0.15, 0.2) is 0 Å². The molecule has 0 unspecified atom stereocenters. The van der Waals surface area contributed by atoms with Crippen LogP contribution in [0, 0.1) is 5.41 Å². The summed E-state index contributed by atoms with van der Waals surface area (Å²) in [6.45, 7) is 4.74. The van der Waals surface area contributed by atoms with Gasteiger partial charge in [-0.3, -0.25) is 9.59 Å². The SMILES string of the molecule is CCC(=O)N1CCC(C)(C(=O)O)CC1. The standard InChI is InChI=1S/C10H17NO3/c1-3-8(12)11-6-4-10(2,5-7-11)9(13)14/h3-7H2,1-2H3,(H,13,14). The van der Waals surface area contributed by atoms with Crippen LogP contribution in [-0.4, -0.2) is 35.0 Å². The fraction of sp³-hybridized carbons (Fsp3) is 0.800. The van der Waals surface area contributed by atoms with Gasteiger partial charge in [0.1, 0.15) is 0 Å². The zero-order valence-electron chi connectivity index (χ0n) is 8.75. The minimum atomic E-state index is -0.749. The van der Waals surface area contributed by atoms with Crippen LogP contribution in [0.25, 0.3) is 0 Å². The van der Waals surface area contributed by atoms with E-state index in [0.29, 0.717) is 32.4 Å². The molecule has 1 heterocycles. The zero-order valence-corrected chi connectivity index (χ0v) is 8.75. The molecule has 1 saturated heterocycles. The summed E-state index contributed by atoms with van der Waals surface area (Å²) in [6.07, 6.45) is 1.63. The molecule has 1 N–H and O–H groups in total. The van der Waals surface area contributed by atoms with Crippen LogP contribution in [0.5, 0.6) is 0 Å². The van der Waals surface area contributed by atoms with Crippen LogP contribution >= 0.6 is 0 Å². The van der Waals surface area contributed by atoms with Gasteiger partial charge in [-0.2, -0.15) is 0 Å². The van der Waals surface area contributed by atoms with Gasteiger partial charge in [-0.05, 0) is 19.8 Å². The number of rotatable bonds is 2. The predicted octanol–water partition coefficient (Wildman–Crippen LogP) is 1.11. The van der Waals surface area contributed by atoms with Crippen molar-refractivity contribution in [2.24, 2.45) is 5.41 Å². The monoisotopic (exact) mass is 199 g/mol. The number of aliphatic carboxylic acids is 1. The third-order valence-electron chi connectivity index (χ3n) is 3.04. The number of carboxylic acids is 1. The van der Waals surface area contributed by atoms with E-state index in [1.54, 1.807) is 11.8 Å². The third kappa shape index (κ3) is 2.05. The Bertz CT molecular complexity index is 242. The van der Waals surface area contributed by atoms with Gasteiger partial charge in [0.25, 0.3) is 0 Å². The lowest BCUT2D eigenvalue weighted by atomic mass is 9.80. The van der Waals surface area contributed by atoms with Crippen molar-refractivity contribution in [3.63, 3.8) is 0 Å². The molecule has 0 aliphatic carbocycles. The van der Waals surface area contributed by atoms with Gasteiger partial charge in [0.05, 0.1) is 5.41 Å². The highest BCUT2D eigenvalue weighted by atomic mass is 16.4. The summed E-state index contributed by atoms with van der Waals surface area (Å²) in [6, 6.07) is 0. The van der Waals surface area contributed by atoms with E-state index in [4.69, 9.17) is 5.11 Å². The summed E-state index contributed by atoms with van der Waals surface area (Å²) in [5.74, 6) is -0.626. The van der Waals surface area contributed by atoms with Gasteiger partial charge >= 0.3 is 5.97 Å². The summed E-state index contributed by atoms with van der Waals surface area (Å²) < 4.78 is 0. The highest BCUT2D eigenvalue weighted by molar-refractivity contribution is 5.77. The lowest BCUT2D eigenvalue weighted by Crippen LogP contribution is -2.44. The lowest BCUT2D eigenvalue weighted by Gasteiger charge is -2.36. The number of hydrogen-bond donors (Lipinski definition) is 1. The molecule has 80 valence electrons. The second kappa shape index (κ2) is 3.98. The van der Waals surface area contributed by atoms with Crippen LogP contribution in [0.1, 0.15) is 33.1 Å². The van der Waals surface area contributed by atoms with Crippen molar-refractivity contribution in [3.8, 4) is 0 Å². The Morgan fingerprint density at radius 3 is 2.21 bits per heavy atom. The third-order valence-corrected chi connectivity index (χ3v) is 3.04. The Morgan fingerprint density at radius 2 is 1.86 bits per heavy atom. The Balaban J connectivity index is 2.54. The molecule has 0 saturated carbocycles. The van der Waals surface area contributed by atoms with E-state index in [0.717, 1.165) is 0 Å². The molecule has 1 rings (SSSR count). The van der Waals surface area contributed by atoms with E-state index >= 15 is 0 Å². The number of carbonyl (C=O) groups is 2. The Labute approximate surface area is 83.9 Å². The van der Waals surface area contributed by atoms with Crippen LogP contribution < -0.4 is 0 Å². The molecule has 4 heteroatoms. The predicted molar refractivity (Wildman–Crippen MR) is 51.8 cm³/mol. The molecule has 0 spiro atoms. The largest absolute Gasteiger partial charge is 0.481 e. The fourth-order valence-corrected chi connectivity index (χ4v) is 1.69. The van der Waals surface area contributed by atoms with E-state index < -0.39 is 11.4 Å². The molecule has 0 aromatic rings. The molecule has 0 bridgehead atoms. The summed E-state index contributed by atoms with van der Waals surface area (Å²) in [5, 5.41) is 8.98. The summed E-state index contributed by atoms with van der Waals surface area (Å²) >= 11 is 0. The number of piperidine rings is 1. The summed E-state index contributed by atoms with van der Waals surface area (Å²) in [5.41, 5.74) is -0.634. The summed E-state index contributed by atoms with van der Waals surface area (Å²) in [4.78, 5) is 24.0. The van der Waals surface area contributed by atoms with E-state index in [-0.39, 0.29) is 5.91 Å². The van der Waals surface area contributed by atoms with Crippen molar-refractivity contribution in [3.05, 3.63) is 0 Å². The molecule has 0 aromatic heterocycles. The topological polar surface area (TPSA) is 57.6 Å². The van der Waals surface area contributed by atoms with Crippen molar-refractivity contribution < 1.29 is 14.7 Å². The molecule has 4 nitrogen and oxygen atoms in total. The first-order valence-electron chi connectivity index (χ1n) is 5.01. The van der Waals surface area contributed by atoms with E-state index in [2.05, 4.69) is 0 Å². The number of amides is 1. The summed E-state index contributed by atoms with van der Waals surface area (Å²) in [7, 11) is 0. The first kappa shape index (κ1) is 11.0. The maximum atomic E-state index is 11.3. The minimum Gasteiger partial charge on any atom is -0.481 e. The maximum absolute atomic E-state index is 11.3. The van der Waals surface area contributed by atoms with Crippen molar-refractivity contribution in [2.75, 3.05) is 13.1 Å². The smallest absolute Gasteiger partial charge is 0.309 e. The number of nitrogens with zero attached hydrogens (tertiary/aromatic N) is 1. The molecule has 0 radical (unpaired) electrons. The van der Waals surface area contributed by atoms with Gasteiger partial charge in [-0.25, -0.2) is 0 Å². The van der Waals surface area contributed by atoms with Gasteiger partial charge in [0.15, 0.2) is 0 Å². The number of likely N-dealkylation sites (tertiary alicyclic amines) is 1. The first-order valence-corrected chi connectivity index (χ1v) is 5.01. The average molecular weight is 199 g/mol. The molecule has 1 aliphatic rings. The highest BCUT2D eigenvalue weighted by Gasteiger charge is 2.37. The van der Waals surface area contributed by atoms with Gasteiger partial charge in [0.2, 0.25) is 5.91 Å². The van der Waals surface area contributed by atoms with Gasteiger partial charge < -0.3 is 10.0 Å². The lowest BCUT2D eigenvalue weighted by molar-refractivity contribution is -0.153. The molecule has 1 aliphatic heterocycles. The Morgan fingerprint density at radius 1 is 1.36 bits per heavy atom. The number of carboxylic acid groups (broad SMARTS) is 1. The number of carbonyl (C=O) groups excluding carboxylic acids is 1. The first-order chi connectivity index (χ1) is 6.49. The van der Waals surface area contributed by atoms with Gasteiger partial charge in [-0.15, -0.1) is 0 Å². The molecular formula is C10H17NO3. The normalized spacial score (nSPS) is 20.6. The van der Waals surface area contributed by atoms with E-state index in [1.165, 1.54) is 0 Å². The quantitative estimate of drug-likeness (QED) is 0.724. The maximum Gasteiger partial charge on any atom is 0.309 e. The molecule has 0 aromatic carbocycles. The van der Waals surface area contributed by atoms with Crippen LogP contribution in [0.2, 0.25) is 0 Å².